The predicted octanol–water partition coefficient (Wildman–Crippen LogP) is 1.31. The molecule has 0 unspecified atom stereocenters. The summed E-state index contributed by atoms with van der Waals surface area (Å²) in [5.41, 5.74) is 2.72. The van der Waals surface area contributed by atoms with E-state index in [1.807, 2.05) is 0 Å². The summed E-state index contributed by atoms with van der Waals surface area (Å²) < 4.78 is 0. The zero-order valence-corrected chi connectivity index (χ0v) is 14.2. The molecule has 1 N–H and O–H groups in total. The Morgan fingerprint density at radius 2 is 1.88 bits per heavy atom. The SMILES string of the molecule is Cc1ccc(CNc2cc(C(=O)N3CCN(C=O)CC3)ncn2)cc1. The molecule has 0 aliphatic carbocycles. The predicted molar refractivity (Wildman–Crippen MR) is 94.1 cm³/mol. The van der Waals surface area contributed by atoms with Crippen LogP contribution in [0, 0.1) is 6.92 Å². The van der Waals surface area contributed by atoms with Crippen LogP contribution in [0.25, 0.3) is 0 Å². The molecule has 0 spiro atoms. The van der Waals surface area contributed by atoms with Gasteiger partial charge in [-0.15, -0.1) is 0 Å². The standard InChI is InChI=1S/C18H21N5O2/c1-14-2-4-15(5-3-14)11-19-17-10-16(20-12-21-17)18(25)23-8-6-22(13-24)7-9-23/h2-5,10,12-13H,6-9,11H2,1H3,(H,19,20,21). The number of hydrogen-bond acceptors (Lipinski definition) is 5. The van der Waals surface area contributed by atoms with Crippen LogP contribution in [0.1, 0.15) is 21.6 Å². The molecule has 1 aromatic carbocycles. The van der Waals surface area contributed by atoms with Crippen LogP contribution >= 0.6 is 0 Å². The normalized spacial score (nSPS) is 14.3. The maximum absolute atomic E-state index is 12.6. The summed E-state index contributed by atoms with van der Waals surface area (Å²) in [5.74, 6) is 0.483. The molecule has 25 heavy (non-hydrogen) atoms. The van der Waals surface area contributed by atoms with Crippen molar-refractivity contribution in [1.82, 2.24) is 19.8 Å². The second-order valence-corrected chi connectivity index (χ2v) is 6.06. The summed E-state index contributed by atoms with van der Waals surface area (Å²) in [6.07, 6.45) is 2.21. The first-order valence-electron chi connectivity index (χ1n) is 8.26. The Labute approximate surface area is 146 Å². The first kappa shape index (κ1) is 16.9. The molecule has 2 aromatic rings. The van der Waals surface area contributed by atoms with E-state index >= 15 is 0 Å². The third-order valence-corrected chi connectivity index (χ3v) is 4.23. The third-order valence-electron chi connectivity index (χ3n) is 4.23. The Morgan fingerprint density at radius 3 is 2.56 bits per heavy atom. The van der Waals surface area contributed by atoms with Gasteiger partial charge >= 0.3 is 0 Å². The highest BCUT2D eigenvalue weighted by atomic mass is 16.2. The number of nitrogens with one attached hydrogen (secondary N) is 1. The van der Waals surface area contributed by atoms with Crippen LogP contribution in [0.3, 0.4) is 0 Å². The molecule has 7 nitrogen and oxygen atoms in total. The molecule has 0 radical (unpaired) electrons. The summed E-state index contributed by atoms with van der Waals surface area (Å²) in [5, 5.41) is 3.22. The van der Waals surface area contributed by atoms with Crippen molar-refractivity contribution in [2.45, 2.75) is 13.5 Å². The number of aryl methyl sites for hydroxylation is 1. The van der Waals surface area contributed by atoms with Gasteiger partial charge < -0.3 is 15.1 Å². The lowest BCUT2D eigenvalue weighted by atomic mass is 10.1. The number of benzene rings is 1. The second kappa shape index (κ2) is 7.74. The van der Waals surface area contributed by atoms with E-state index in [4.69, 9.17) is 0 Å². The van der Waals surface area contributed by atoms with Crippen LogP contribution in [-0.4, -0.2) is 58.3 Å². The molecule has 1 fully saturated rings. The molecule has 130 valence electrons. The molecule has 2 amide bonds. The zero-order chi connectivity index (χ0) is 17.6. The average molecular weight is 339 g/mol. The quantitative estimate of drug-likeness (QED) is 0.831. The van der Waals surface area contributed by atoms with Gasteiger partial charge in [0.15, 0.2) is 0 Å². The lowest BCUT2D eigenvalue weighted by molar-refractivity contribution is -0.119. The van der Waals surface area contributed by atoms with Crippen molar-refractivity contribution in [3.63, 3.8) is 0 Å². The van der Waals surface area contributed by atoms with Gasteiger partial charge in [-0.1, -0.05) is 29.8 Å². The summed E-state index contributed by atoms with van der Waals surface area (Å²) in [7, 11) is 0. The van der Waals surface area contributed by atoms with Gasteiger partial charge in [0.2, 0.25) is 6.41 Å². The molecule has 0 bridgehead atoms. The van der Waals surface area contributed by atoms with Crippen molar-refractivity contribution in [3.05, 3.63) is 53.5 Å². The summed E-state index contributed by atoms with van der Waals surface area (Å²) in [4.78, 5) is 35.0. The Bertz CT molecular complexity index is 739. The van der Waals surface area contributed by atoms with Gasteiger partial charge in [0.1, 0.15) is 17.8 Å². The highest BCUT2D eigenvalue weighted by Gasteiger charge is 2.22. The minimum atomic E-state index is -0.133. The third kappa shape index (κ3) is 4.32. The molecule has 1 aromatic heterocycles. The van der Waals surface area contributed by atoms with Crippen molar-refractivity contribution in [1.29, 1.82) is 0 Å². The summed E-state index contributed by atoms with van der Waals surface area (Å²) >= 11 is 0. The first-order valence-corrected chi connectivity index (χ1v) is 8.26. The van der Waals surface area contributed by atoms with E-state index in [1.165, 1.54) is 11.9 Å². The number of anilines is 1. The van der Waals surface area contributed by atoms with Crippen LogP contribution in [-0.2, 0) is 11.3 Å². The molecule has 1 saturated heterocycles. The fourth-order valence-corrected chi connectivity index (χ4v) is 2.66. The average Bonchev–Trinajstić information content (AvgIpc) is 2.67. The fourth-order valence-electron chi connectivity index (χ4n) is 2.66. The lowest BCUT2D eigenvalue weighted by Gasteiger charge is -2.32. The maximum Gasteiger partial charge on any atom is 0.272 e. The van der Waals surface area contributed by atoms with Gasteiger partial charge in [-0.25, -0.2) is 9.97 Å². The number of amides is 2. The lowest BCUT2D eigenvalue weighted by Crippen LogP contribution is -2.48. The molecular formula is C18H21N5O2. The van der Waals surface area contributed by atoms with Crippen LogP contribution in [0.15, 0.2) is 36.7 Å². The number of carbonyl (C=O) groups is 2. The Morgan fingerprint density at radius 1 is 1.16 bits per heavy atom. The molecular weight excluding hydrogens is 318 g/mol. The van der Waals surface area contributed by atoms with Crippen molar-refractivity contribution in [3.8, 4) is 0 Å². The van der Waals surface area contributed by atoms with E-state index < -0.39 is 0 Å². The molecule has 1 aliphatic heterocycles. The van der Waals surface area contributed by atoms with E-state index in [9.17, 15) is 9.59 Å². The Hall–Kier alpha value is -2.96. The minimum Gasteiger partial charge on any atom is -0.366 e. The largest absolute Gasteiger partial charge is 0.366 e. The smallest absolute Gasteiger partial charge is 0.272 e. The molecule has 0 saturated carbocycles. The number of hydrogen-bond donors (Lipinski definition) is 1. The van der Waals surface area contributed by atoms with E-state index in [-0.39, 0.29) is 5.91 Å². The number of rotatable bonds is 5. The van der Waals surface area contributed by atoms with Crippen LogP contribution < -0.4 is 5.32 Å². The first-order chi connectivity index (χ1) is 12.2. The summed E-state index contributed by atoms with van der Waals surface area (Å²) in [6, 6.07) is 9.91. The van der Waals surface area contributed by atoms with Crippen molar-refractivity contribution in [2.75, 3.05) is 31.5 Å². The van der Waals surface area contributed by atoms with E-state index in [0.29, 0.717) is 44.2 Å². The zero-order valence-electron chi connectivity index (χ0n) is 14.2. The van der Waals surface area contributed by atoms with E-state index in [2.05, 4.69) is 46.5 Å². The van der Waals surface area contributed by atoms with E-state index in [1.54, 1.807) is 15.9 Å². The number of piperazine rings is 1. The Balaban J connectivity index is 1.61. The van der Waals surface area contributed by atoms with E-state index in [0.717, 1.165) is 12.0 Å². The Kier molecular flexibility index (Phi) is 5.23. The van der Waals surface area contributed by atoms with Crippen LogP contribution in [0.4, 0.5) is 5.82 Å². The topological polar surface area (TPSA) is 78.4 Å². The molecule has 3 rings (SSSR count). The van der Waals surface area contributed by atoms with Gasteiger partial charge in [-0.2, -0.15) is 0 Å². The molecule has 1 aliphatic rings. The van der Waals surface area contributed by atoms with Crippen LogP contribution in [0.5, 0.6) is 0 Å². The van der Waals surface area contributed by atoms with Crippen LogP contribution in [0.2, 0.25) is 0 Å². The maximum atomic E-state index is 12.6. The van der Waals surface area contributed by atoms with Gasteiger partial charge in [0.05, 0.1) is 0 Å². The monoisotopic (exact) mass is 339 g/mol. The molecule has 0 atom stereocenters. The second-order valence-electron chi connectivity index (χ2n) is 6.06. The van der Waals surface area contributed by atoms with Gasteiger partial charge in [-0.3, -0.25) is 9.59 Å². The van der Waals surface area contributed by atoms with Crippen molar-refractivity contribution < 1.29 is 9.59 Å². The number of nitrogens with zero attached hydrogens (tertiary/aromatic N) is 4. The van der Waals surface area contributed by atoms with Crippen molar-refractivity contribution >= 4 is 18.1 Å². The minimum absolute atomic E-state index is 0.133. The van der Waals surface area contributed by atoms with Gasteiger partial charge in [-0.05, 0) is 12.5 Å². The van der Waals surface area contributed by atoms with Crippen molar-refractivity contribution in [2.24, 2.45) is 0 Å². The number of carbonyl (C=O) groups excluding carboxylic acids is 2. The van der Waals surface area contributed by atoms with Gasteiger partial charge in [0, 0.05) is 38.8 Å². The molecule has 7 heteroatoms. The molecule has 2 heterocycles. The fraction of sp³-hybridized carbons (Fsp3) is 0.333. The number of aromatic nitrogens is 2. The highest BCUT2D eigenvalue weighted by molar-refractivity contribution is 5.93. The highest BCUT2D eigenvalue weighted by Crippen LogP contribution is 2.11. The summed E-state index contributed by atoms with van der Waals surface area (Å²) in [6.45, 7) is 4.83. The van der Waals surface area contributed by atoms with Gasteiger partial charge in [0.25, 0.3) is 5.91 Å².